The average Bonchev–Trinajstić information content (AvgIpc) is 3.34. The molecule has 13 nitrogen and oxygen atoms in total. The molecule has 0 aliphatic carbocycles. The van der Waals surface area contributed by atoms with Crippen molar-refractivity contribution in [1.82, 2.24) is 14.9 Å². The standard InChI is InChI=1S/C29H45N3O10/c1-26(2,3)22(35)31-19(33)16-20(34)32(14-30-16)21-18(42-25(38)29(10,11)12)17(41-24(37)28(7,8)9)15(40-21)13-39-23(36)27(4,5)6/h14-15,17-18,21,34H,13H2,1-12H3,(H,31,33,35)/t15-,17-,18-,21-/m1/s1. The van der Waals surface area contributed by atoms with E-state index in [4.69, 9.17) is 18.9 Å². The predicted molar refractivity (Wildman–Crippen MR) is 149 cm³/mol. The van der Waals surface area contributed by atoms with E-state index >= 15 is 0 Å². The number of ether oxygens (including phenoxy) is 4. The van der Waals surface area contributed by atoms with E-state index in [1.54, 1.807) is 83.1 Å². The number of hydrogen-bond acceptors (Lipinski definition) is 11. The Morgan fingerprint density at radius 1 is 0.810 bits per heavy atom. The molecule has 1 saturated heterocycles. The molecule has 2 N–H and O–H groups in total. The van der Waals surface area contributed by atoms with Crippen LogP contribution in [0.4, 0.5) is 0 Å². The molecule has 13 heteroatoms. The van der Waals surface area contributed by atoms with Gasteiger partial charge in [-0.1, -0.05) is 20.8 Å². The summed E-state index contributed by atoms with van der Waals surface area (Å²) in [6.45, 7) is 19.3. The molecule has 0 saturated carbocycles. The first-order valence-electron chi connectivity index (χ1n) is 13.7. The number of aromatic nitrogens is 2. The molecular formula is C29H45N3O10. The number of carbonyl (C=O) groups excluding carboxylic acids is 5. The smallest absolute Gasteiger partial charge is 0.311 e. The van der Waals surface area contributed by atoms with Gasteiger partial charge in [-0.25, -0.2) is 4.98 Å². The van der Waals surface area contributed by atoms with Gasteiger partial charge in [0.25, 0.3) is 5.91 Å². The Balaban J connectivity index is 2.56. The zero-order chi connectivity index (χ0) is 32.6. The van der Waals surface area contributed by atoms with Crippen LogP contribution in [0.15, 0.2) is 6.33 Å². The van der Waals surface area contributed by atoms with Gasteiger partial charge in [0.2, 0.25) is 11.8 Å². The summed E-state index contributed by atoms with van der Waals surface area (Å²) in [7, 11) is 0. The molecular weight excluding hydrogens is 550 g/mol. The van der Waals surface area contributed by atoms with E-state index in [1.165, 1.54) is 0 Å². The van der Waals surface area contributed by atoms with E-state index in [0.717, 1.165) is 10.9 Å². The van der Waals surface area contributed by atoms with Crippen LogP contribution in [0.5, 0.6) is 5.88 Å². The van der Waals surface area contributed by atoms with Gasteiger partial charge in [-0.3, -0.25) is 33.9 Å². The zero-order valence-corrected chi connectivity index (χ0v) is 26.6. The summed E-state index contributed by atoms with van der Waals surface area (Å²) in [5.41, 5.74) is -4.15. The summed E-state index contributed by atoms with van der Waals surface area (Å²) in [5.74, 6) is -4.10. The second-order valence-electron chi connectivity index (χ2n) is 14.5. The lowest BCUT2D eigenvalue weighted by Gasteiger charge is -2.29. The van der Waals surface area contributed by atoms with Gasteiger partial charge in [0.15, 0.2) is 24.1 Å². The Morgan fingerprint density at radius 3 is 1.74 bits per heavy atom. The van der Waals surface area contributed by atoms with Crippen molar-refractivity contribution in [2.75, 3.05) is 6.61 Å². The number of hydrogen-bond donors (Lipinski definition) is 2. The fraction of sp³-hybridized carbons (Fsp3) is 0.724. The van der Waals surface area contributed by atoms with Gasteiger partial charge in [0, 0.05) is 5.41 Å². The summed E-state index contributed by atoms with van der Waals surface area (Å²) in [5, 5.41) is 13.2. The first-order chi connectivity index (χ1) is 18.9. The quantitative estimate of drug-likeness (QED) is 0.365. The summed E-state index contributed by atoms with van der Waals surface area (Å²) < 4.78 is 24.2. The molecule has 1 aliphatic heterocycles. The predicted octanol–water partition coefficient (Wildman–Crippen LogP) is 3.29. The maximum absolute atomic E-state index is 13.1. The van der Waals surface area contributed by atoms with E-state index in [9.17, 15) is 29.1 Å². The third-order valence-corrected chi connectivity index (χ3v) is 6.15. The molecule has 2 heterocycles. The second kappa shape index (κ2) is 12.0. The monoisotopic (exact) mass is 595 g/mol. The summed E-state index contributed by atoms with van der Waals surface area (Å²) in [6, 6.07) is 0. The van der Waals surface area contributed by atoms with Crippen LogP contribution in [0.2, 0.25) is 0 Å². The molecule has 1 aromatic heterocycles. The van der Waals surface area contributed by atoms with Crippen molar-refractivity contribution in [2.24, 2.45) is 21.7 Å². The maximum atomic E-state index is 13.1. The number of imidazole rings is 1. The van der Waals surface area contributed by atoms with Crippen LogP contribution in [0, 0.1) is 21.7 Å². The molecule has 1 fully saturated rings. The molecule has 0 radical (unpaired) electrons. The fourth-order valence-electron chi connectivity index (χ4n) is 3.36. The molecule has 1 aliphatic rings. The molecule has 2 amide bonds. The van der Waals surface area contributed by atoms with Crippen molar-refractivity contribution in [3.05, 3.63) is 12.0 Å². The minimum Gasteiger partial charge on any atom is -0.493 e. The minimum atomic E-state index is -1.36. The van der Waals surface area contributed by atoms with Crippen LogP contribution < -0.4 is 5.32 Å². The van der Waals surface area contributed by atoms with E-state index < -0.39 is 87.5 Å². The normalized spacial score (nSPS) is 21.4. The SMILES string of the molecule is CC(C)(C)C(=O)NC(=O)c1ncn([C@@H]2O[C@H](COC(=O)C(C)(C)C)[C@@H](OC(=O)C(C)(C)C)[C@H]2OC(=O)C(C)(C)C)c1O. The highest BCUT2D eigenvalue weighted by Gasteiger charge is 2.53. The van der Waals surface area contributed by atoms with E-state index in [1.807, 2.05) is 0 Å². The van der Waals surface area contributed by atoms with E-state index in [0.29, 0.717) is 0 Å². The minimum absolute atomic E-state index is 0.374. The summed E-state index contributed by atoms with van der Waals surface area (Å²) >= 11 is 0. The highest BCUT2D eigenvalue weighted by atomic mass is 16.7. The van der Waals surface area contributed by atoms with E-state index in [2.05, 4.69) is 10.3 Å². The lowest BCUT2D eigenvalue weighted by molar-refractivity contribution is -0.179. The van der Waals surface area contributed by atoms with Crippen LogP contribution in [-0.2, 0) is 38.1 Å². The molecule has 1 aromatic rings. The van der Waals surface area contributed by atoms with Gasteiger partial charge < -0.3 is 24.1 Å². The number of nitrogens with one attached hydrogen (secondary N) is 1. The summed E-state index contributed by atoms with van der Waals surface area (Å²) in [6.07, 6.45) is -4.05. The lowest BCUT2D eigenvalue weighted by Crippen LogP contribution is -2.44. The Hall–Kier alpha value is -3.48. The molecule has 2 rings (SSSR count). The first-order valence-corrected chi connectivity index (χ1v) is 13.7. The number of nitrogens with zero attached hydrogens (tertiary/aromatic N) is 2. The van der Waals surface area contributed by atoms with Crippen molar-refractivity contribution in [1.29, 1.82) is 0 Å². The van der Waals surface area contributed by atoms with Crippen LogP contribution >= 0.6 is 0 Å². The van der Waals surface area contributed by atoms with Crippen molar-refractivity contribution in [3.63, 3.8) is 0 Å². The highest BCUT2D eigenvalue weighted by Crippen LogP contribution is 2.39. The van der Waals surface area contributed by atoms with Crippen molar-refractivity contribution < 1.29 is 48.0 Å². The van der Waals surface area contributed by atoms with Crippen molar-refractivity contribution in [3.8, 4) is 5.88 Å². The molecule has 42 heavy (non-hydrogen) atoms. The van der Waals surface area contributed by atoms with E-state index in [-0.39, 0.29) is 6.61 Å². The Morgan fingerprint density at radius 2 is 1.29 bits per heavy atom. The van der Waals surface area contributed by atoms with Crippen LogP contribution in [-0.4, -0.2) is 69.3 Å². The van der Waals surface area contributed by atoms with Crippen LogP contribution in [0.3, 0.4) is 0 Å². The number of rotatable bonds is 6. The lowest BCUT2D eigenvalue weighted by atomic mass is 9.96. The van der Waals surface area contributed by atoms with Gasteiger partial charge in [-0.2, -0.15) is 0 Å². The van der Waals surface area contributed by atoms with Gasteiger partial charge >= 0.3 is 17.9 Å². The first kappa shape index (κ1) is 34.7. The molecule has 0 aromatic carbocycles. The second-order valence-corrected chi connectivity index (χ2v) is 14.5. The molecule has 0 spiro atoms. The third kappa shape index (κ3) is 8.30. The molecule has 0 unspecified atom stereocenters. The largest absolute Gasteiger partial charge is 0.493 e. The van der Waals surface area contributed by atoms with Gasteiger partial charge in [0.1, 0.15) is 19.0 Å². The van der Waals surface area contributed by atoms with Gasteiger partial charge in [0.05, 0.1) is 16.2 Å². The average molecular weight is 596 g/mol. The van der Waals surface area contributed by atoms with Crippen LogP contribution in [0.25, 0.3) is 0 Å². The number of imide groups is 1. The summed E-state index contributed by atoms with van der Waals surface area (Å²) in [4.78, 5) is 67.7. The van der Waals surface area contributed by atoms with Crippen molar-refractivity contribution >= 4 is 29.7 Å². The molecule has 0 bridgehead atoms. The Labute approximate surface area is 246 Å². The number of carbonyl (C=O) groups is 5. The molecule has 236 valence electrons. The van der Waals surface area contributed by atoms with Gasteiger partial charge in [-0.05, 0) is 62.3 Å². The Bertz CT molecular complexity index is 1210. The fourth-order valence-corrected chi connectivity index (χ4v) is 3.36. The number of esters is 3. The topological polar surface area (TPSA) is 172 Å². The Kier molecular flexibility index (Phi) is 9.94. The third-order valence-electron chi connectivity index (χ3n) is 6.15. The number of amides is 2. The highest BCUT2D eigenvalue weighted by molar-refractivity contribution is 6.06. The van der Waals surface area contributed by atoms with Crippen LogP contribution in [0.1, 0.15) is 99.8 Å². The maximum Gasteiger partial charge on any atom is 0.311 e. The number of aromatic hydroxyl groups is 1. The molecule has 4 atom stereocenters. The van der Waals surface area contributed by atoms with Crippen molar-refractivity contribution in [2.45, 2.75) is 108 Å². The zero-order valence-electron chi connectivity index (χ0n) is 26.6. The van der Waals surface area contributed by atoms with Gasteiger partial charge in [-0.15, -0.1) is 0 Å².